The normalized spacial score (nSPS) is 14.6. The third-order valence-corrected chi connectivity index (χ3v) is 8.05. The highest BCUT2D eigenvalue weighted by atomic mass is 32.2. The second-order valence-electron chi connectivity index (χ2n) is 10.4. The van der Waals surface area contributed by atoms with E-state index < -0.39 is 34.1 Å². The number of H-pyrrole nitrogens is 1. The van der Waals surface area contributed by atoms with Crippen LogP contribution in [0.4, 0.5) is 8.78 Å². The van der Waals surface area contributed by atoms with E-state index in [1.165, 1.54) is 6.20 Å². The molecular weight excluding hydrogens is 496 g/mol. The summed E-state index contributed by atoms with van der Waals surface area (Å²) in [5.74, 6) is -1.88. The maximum Gasteiger partial charge on any atom is 0.280 e. The van der Waals surface area contributed by atoms with E-state index in [-0.39, 0.29) is 34.0 Å². The molecule has 192 valence electrons. The lowest BCUT2D eigenvalue weighted by Gasteiger charge is -2.19. The van der Waals surface area contributed by atoms with Crippen LogP contribution in [0.3, 0.4) is 0 Å². The molecule has 0 saturated heterocycles. The molecule has 2 N–H and O–H groups in total. The van der Waals surface area contributed by atoms with Crippen LogP contribution < -0.4 is 10.3 Å². The fourth-order valence-electron chi connectivity index (χ4n) is 4.45. The molecule has 1 aliphatic rings. The number of nitrogens with zero attached hydrogens (tertiary/aromatic N) is 1. The summed E-state index contributed by atoms with van der Waals surface area (Å²) < 4.78 is 45.6. The molecule has 1 unspecified atom stereocenters. The van der Waals surface area contributed by atoms with E-state index in [2.05, 4.69) is 30.5 Å². The first-order valence-corrected chi connectivity index (χ1v) is 13.3. The summed E-state index contributed by atoms with van der Waals surface area (Å²) in [5.41, 5.74) is 1.61. The minimum absolute atomic E-state index is 0.0442. The molecule has 37 heavy (non-hydrogen) atoms. The number of carbonyl (C=O) groups is 1. The molecule has 2 aromatic heterocycles. The number of amides is 1. The topological polar surface area (TPSA) is 84.0 Å². The van der Waals surface area contributed by atoms with Crippen molar-refractivity contribution in [2.45, 2.75) is 50.8 Å². The van der Waals surface area contributed by atoms with Gasteiger partial charge >= 0.3 is 0 Å². The zero-order chi connectivity index (χ0) is 26.5. The number of hydrogen-bond donors (Lipinski definition) is 2. The first-order valence-electron chi connectivity index (χ1n) is 12.0. The maximum absolute atomic E-state index is 14.7. The standard InChI is InChI=1S/C28H27F2N3O3S/c1-28(2,3)17-6-11-23-21(14-17)24(20-5-4-12-31-26(20)34)25(27(35)32-37(36)19-8-9-19)33(23)15-16-13-18(29)7-10-22(16)30/h4-7,10-14,19H,8-9,15H2,1-3H3,(H,31,34)(H,32,35). The van der Waals surface area contributed by atoms with E-state index in [1.54, 1.807) is 16.7 Å². The number of halogens is 2. The van der Waals surface area contributed by atoms with Gasteiger partial charge in [0.05, 0.1) is 11.8 Å². The van der Waals surface area contributed by atoms with Gasteiger partial charge in [0.15, 0.2) is 0 Å². The number of pyridine rings is 1. The van der Waals surface area contributed by atoms with Crippen LogP contribution in [-0.4, -0.2) is 24.9 Å². The Kier molecular flexibility index (Phi) is 6.35. The summed E-state index contributed by atoms with van der Waals surface area (Å²) in [6, 6.07) is 12.1. The van der Waals surface area contributed by atoms with E-state index in [9.17, 15) is 22.6 Å². The Morgan fingerprint density at radius 1 is 1.14 bits per heavy atom. The summed E-state index contributed by atoms with van der Waals surface area (Å²) in [5, 5.41) is 0.502. The Labute approximate surface area is 215 Å². The predicted molar refractivity (Wildman–Crippen MR) is 141 cm³/mol. The van der Waals surface area contributed by atoms with Gasteiger partial charge in [-0.25, -0.2) is 13.0 Å². The molecule has 1 atom stereocenters. The smallest absolute Gasteiger partial charge is 0.280 e. The van der Waals surface area contributed by atoms with Gasteiger partial charge in [-0.1, -0.05) is 26.8 Å². The fraction of sp³-hybridized carbons (Fsp3) is 0.286. The zero-order valence-electron chi connectivity index (χ0n) is 20.7. The Morgan fingerprint density at radius 3 is 2.57 bits per heavy atom. The first kappa shape index (κ1) is 25.1. The van der Waals surface area contributed by atoms with Gasteiger partial charge in [0.1, 0.15) is 28.3 Å². The van der Waals surface area contributed by atoms with Crippen molar-refractivity contribution in [3.8, 4) is 11.1 Å². The van der Waals surface area contributed by atoms with Crippen LogP contribution in [0.1, 0.15) is 55.2 Å². The van der Waals surface area contributed by atoms with Crippen LogP contribution in [-0.2, 0) is 22.9 Å². The molecule has 0 aliphatic heterocycles. The van der Waals surface area contributed by atoms with Crippen LogP contribution >= 0.6 is 0 Å². The van der Waals surface area contributed by atoms with Crippen LogP contribution in [0, 0.1) is 11.6 Å². The molecule has 2 heterocycles. The predicted octanol–water partition coefficient (Wildman–Crippen LogP) is 5.18. The maximum atomic E-state index is 14.7. The van der Waals surface area contributed by atoms with Crippen molar-refractivity contribution < 1.29 is 17.8 Å². The number of fused-ring (bicyclic) bond motifs is 1. The highest BCUT2D eigenvalue weighted by Crippen LogP contribution is 2.37. The number of rotatable bonds is 6. The SMILES string of the molecule is CC(C)(C)c1ccc2c(c1)c(-c1ccc[nH]c1=O)c(C(=O)NS(=O)C1CC1)n2Cc1cc(F)ccc1F. The van der Waals surface area contributed by atoms with Gasteiger partial charge in [-0.3, -0.25) is 14.3 Å². The van der Waals surface area contributed by atoms with Crippen molar-refractivity contribution >= 4 is 27.8 Å². The van der Waals surface area contributed by atoms with Crippen molar-refractivity contribution in [2.24, 2.45) is 0 Å². The van der Waals surface area contributed by atoms with Crippen LogP contribution in [0.25, 0.3) is 22.0 Å². The largest absolute Gasteiger partial charge is 0.331 e. The number of aromatic nitrogens is 2. The van der Waals surface area contributed by atoms with E-state index in [4.69, 9.17) is 0 Å². The van der Waals surface area contributed by atoms with E-state index in [1.807, 2.05) is 18.2 Å². The Balaban J connectivity index is 1.83. The number of hydrogen-bond acceptors (Lipinski definition) is 3. The Bertz CT molecular complexity index is 1610. The van der Waals surface area contributed by atoms with Crippen molar-refractivity contribution in [1.82, 2.24) is 14.3 Å². The number of nitrogens with one attached hydrogen (secondary N) is 2. The summed E-state index contributed by atoms with van der Waals surface area (Å²) in [7, 11) is -1.60. The highest BCUT2D eigenvalue weighted by Gasteiger charge is 2.33. The lowest BCUT2D eigenvalue weighted by atomic mass is 9.86. The average Bonchev–Trinajstić information content (AvgIpc) is 3.64. The van der Waals surface area contributed by atoms with Crippen molar-refractivity contribution in [2.75, 3.05) is 0 Å². The minimum atomic E-state index is -1.60. The number of benzene rings is 2. The van der Waals surface area contributed by atoms with Crippen molar-refractivity contribution in [3.63, 3.8) is 0 Å². The molecule has 0 bridgehead atoms. The highest BCUT2D eigenvalue weighted by molar-refractivity contribution is 7.84. The molecule has 1 amide bonds. The summed E-state index contributed by atoms with van der Waals surface area (Å²) in [4.78, 5) is 29.3. The molecule has 9 heteroatoms. The van der Waals surface area contributed by atoms with Gasteiger partial charge in [0.25, 0.3) is 11.5 Å². The van der Waals surface area contributed by atoms with Crippen molar-refractivity contribution in [1.29, 1.82) is 0 Å². The van der Waals surface area contributed by atoms with E-state index in [0.29, 0.717) is 16.5 Å². The third kappa shape index (κ3) is 4.87. The van der Waals surface area contributed by atoms with Gasteiger partial charge < -0.3 is 9.55 Å². The van der Waals surface area contributed by atoms with Crippen LogP contribution in [0.15, 0.2) is 59.5 Å². The molecule has 2 aromatic carbocycles. The number of carbonyl (C=O) groups excluding carboxylic acids is 1. The van der Waals surface area contributed by atoms with Gasteiger partial charge in [-0.05, 0) is 66.3 Å². The molecule has 1 saturated carbocycles. The van der Waals surface area contributed by atoms with Crippen molar-refractivity contribution in [3.05, 3.63) is 93.5 Å². The molecular formula is C28H27F2N3O3S. The fourth-order valence-corrected chi connectivity index (χ4v) is 5.46. The van der Waals surface area contributed by atoms with E-state index in [0.717, 1.165) is 36.6 Å². The third-order valence-electron chi connectivity index (χ3n) is 6.59. The summed E-state index contributed by atoms with van der Waals surface area (Å²) in [6.07, 6.45) is 3.00. The second kappa shape index (κ2) is 9.37. The van der Waals surface area contributed by atoms with Crippen LogP contribution in [0.2, 0.25) is 0 Å². The Morgan fingerprint density at radius 2 is 1.89 bits per heavy atom. The Hall–Kier alpha value is -3.59. The second-order valence-corrected chi connectivity index (χ2v) is 11.8. The molecule has 0 spiro atoms. The molecule has 6 nitrogen and oxygen atoms in total. The molecule has 1 fully saturated rings. The number of aromatic amines is 1. The van der Waals surface area contributed by atoms with Gasteiger partial charge in [-0.2, -0.15) is 0 Å². The summed E-state index contributed by atoms with van der Waals surface area (Å²) in [6.45, 7) is 5.98. The zero-order valence-corrected chi connectivity index (χ0v) is 21.5. The quantitative estimate of drug-likeness (QED) is 0.366. The van der Waals surface area contributed by atoms with Gasteiger partial charge in [0.2, 0.25) is 0 Å². The molecule has 1 aliphatic carbocycles. The van der Waals surface area contributed by atoms with Gasteiger partial charge in [-0.15, -0.1) is 0 Å². The lowest BCUT2D eigenvalue weighted by Crippen LogP contribution is -2.30. The lowest BCUT2D eigenvalue weighted by molar-refractivity contribution is 0.0975. The molecule has 5 rings (SSSR count). The molecule has 4 aromatic rings. The molecule has 0 radical (unpaired) electrons. The van der Waals surface area contributed by atoms with Crippen LogP contribution in [0.5, 0.6) is 0 Å². The summed E-state index contributed by atoms with van der Waals surface area (Å²) >= 11 is 0. The minimum Gasteiger partial charge on any atom is -0.331 e. The average molecular weight is 524 g/mol. The van der Waals surface area contributed by atoms with Gasteiger partial charge in [0, 0.05) is 33.8 Å². The first-order chi connectivity index (χ1) is 17.5. The monoisotopic (exact) mass is 523 g/mol. The van der Waals surface area contributed by atoms with E-state index >= 15 is 0 Å².